The largest absolute Gasteiger partial charge is 0.493 e. The monoisotopic (exact) mass is 219 g/mol. The van der Waals surface area contributed by atoms with Crippen molar-refractivity contribution in [3.63, 3.8) is 0 Å². The summed E-state index contributed by atoms with van der Waals surface area (Å²) in [5.74, 6) is 1.14. The summed E-state index contributed by atoms with van der Waals surface area (Å²) in [4.78, 5) is 0. The van der Waals surface area contributed by atoms with E-state index in [0.29, 0.717) is 6.04 Å². The normalized spacial score (nSPS) is 16.4. The lowest BCUT2D eigenvalue weighted by Gasteiger charge is -2.24. The molecule has 1 unspecified atom stereocenters. The average molecular weight is 219 g/mol. The van der Waals surface area contributed by atoms with Gasteiger partial charge in [0, 0.05) is 11.6 Å². The summed E-state index contributed by atoms with van der Waals surface area (Å²) in [6.45, 7) is 3.09. The van der Waals surface area contributed by atoms with Crippen molar-refractivity contribution < 1.29 is 4.74 Å². The number of hydrogen-bond donors (Lipinski definition) is 1. The summed E-state index contributed by atoms with van der Waals surface area (Å²) < 4.78 is 5.84. The van der Waals surface area contributed by atoms with Crippen molar-refractivity contribution in [2.45, 2.75) is 38.6 Å². The molecule has 0 aromatic heterocycles. The molecule has 16 heavy (non-hydrogen) atoms. The van der Waals surface area contributed by atoms with E-state index in [2.05, 4.69) is 30.4 Å². The number of fused-ring (bicyclic) bond motifs is 1. The van der Waals surface area contributed by atoms with Gasteiger partial charge in [-0.3, -0.25) is 0 Å². The van der Waals surface area contributed by atoms with E-state index >= 15 is 0 Å². The highest BCUT2D eigenvalue weighted by Gasteiger charge is 2.19. The Hall–Kier alpha value is -1.02. The molecule has 1 N–H and O–H groups in total. The van der Waals surface area contributed by atoms with Gasteiger partial charge in [-0.2, -0.15) is 0 Å². The van der Waals surface area contributed by atoms with E-state index in [1.165, 1.54) is 17.5 Å². The van der Waals surface area contributed by atoms with Crippen LogP contribution < -0.4 is 10.1 Å². The standard InChI is InChI=1S/C14H21NO/c1-3-6-13(15-2)12-9-4-7-11-8-5-10-16-14(11)12/h4,7,9,13,15H,3,5-6,8,10H2,1-2H3. The SMILES string of the molecule is CCCC(NC)c1cccc2c1OCCC2. The first-order chi connectivity index (χ1) is 7.86. The van der Waals surface area contributed by atoms with Crippen molar-refractivity contribution in [1.29, 1.82) is 0 Å². The first-order valence-electron chi connectivity index (χ1n) is 6.28. The minimum absolute atomic E-state index is 0.429. The van der Waals surface area contributed by atoms with Gasteiger partial charge < -0.3 is 10.1 Å². The van der Waals surface area contributed by atoms with Crippen molar-refractivity contribution in [1.82, 2.24) is 5.32 Å². The fourth-order valence-corrected chi connectivity index (χ4v) is 2.43. The summed E-state index contributed by atoms with van der Waals surface area (Å²) in [6.07, 6.45) is 4.66. The van der Waals surface area contributed by atoms with Gasteiger partial charge in [-0.05, 0) is 31.9 Å². The molecule has 1 heterocycles. The summed E-state index contributed by atoms with van der Waals surface area (Å²) in [7, 11) is 2.03. The van der Waals surface area contributed by atoms with Crippen LogP contribution in [-0.4, -0.2) is 13.7 Å². The fraction of sp³-hybridized carbons (Fsp3) is 0.571. The highest BCUT2D eigenvalue weighted by Crippen LogP contribution is 2.34. The Bertz CT molecular complexity index is 349. The van der Waals surface area contributed by atoms with Gasteiger partial charge in [0.05, 0.1) is 6.61 Å². The van der Waals surface area contributed by atoms with Crippen LogP contribution in [-0.2, 0) is 6.42 Å². The lowest BCUT2D eigenvalue weighted by molar-refractivity contribution is 0.281. The van der Waals surface area contributed by atoms with Crippen molar-refractivity contribution in [3.8, 4) is 5.75 Å². The number of nitrogens with one attached hydrogen (secondary N) is 1. The third kappa shape index (κ3) is 2.22. The molecule has 0 amide bonds. The Kier molecular flexibility index (Phi) is 3.83. The van der Waals surface area contributed by atoms with Crippen LogP contribution in [0.5, 0.6) is 5.75 Å². The number of aryl methyl sites for hydroxylation is 1. The lowest BCUT2D eigenvalue weighted by Crippen LogP contribution is -2.19. The second-order valence-corrected chi connectivity index (χ2v) is 4.42. The molecule has 2 heteroatoms. The van der Waals surface area contributed by atoms with Crippen LogP contribution in [0.4, 0.5) is 0 Å². The molecule has 1 aliphatic rings. The predicted molar refractivity (Wildman–Crippen MR) is 67.0 cm³/mol. The summed E-state index contributed by atoms with van der Waals surface area (Å²) in [6, 6.07) is 6.97. The predicted octanol–water partition coefficient (Wildman–Crippen LogP) is 3.07. The molecule has 0 spiro atoms. The molecule has 2 rings (SSSR count). The topological polar surface area (TPSA) is 21.3 Å². The third-order valence-electron chi connectivity index (χ3n) is 3.27. The molecular weight excluding hydrogens is 198 g/mol. The molecule has 2 nitrogen and oxygen atoms in total. The number of ether oxygens (including phenoxy) is 1. The Morgan fingerprint density at radius 1 is 1.44 bits per heavy atom. The molecule has 1 aliphatic heterocycles. The van der Waals surface area contributed by atoms with E-state index < -0.39 is 0 Å². The Balaban J connectivity index is 2.31. The van der Waals surface area contributed by atoms with Crippen LogP contribution in [0.15, 0.2) is 18.2 Å². The summed E-state index contributed by atoms with van der Waals surface area (Å²) in [5, 5.41) is 3.39. The zero-order valence-electron chi connectivity index (χ0n) is 10.3. The number of para-hydroxylation sites is 1. The van der Waals surface area contributed by atoms with Gasteiger partial charge in [0.1, 0.15) is 5.75 Å². The summed E-state index contributed by atoms with van der Waals surface area (Å²) in [5.41, 5.74) is 2.71. The molecule has 1 aromatic carbocycles. The lowest BCUT2D eigenvalue weighted by atomic mass is 9.96. The molecular formula is C14H21NO. The molecule has 0 fully saturated rings. The van der Waals surface area contributed by atoms with Crippen LogP contribution >= 0.6 is 0 Å². The minimum Gasteiger partial charge on any atom is -0.493 e. The van der Waals surface area contributed by atoms with Gasteiger partial charge in [0.2, 0.25) is 0 Å². The highest BCUT2D eigenvalue weighted by atomic mass is 16.5. The van der Waals surface area contributed by atoms with E-state index in [0.717, 1.165) is 31.6 Å². The molecule has 1 atom stereocenters. The molecule has 0 saturated carbocycles. The Morgan fingerprint density at radius 3 is 3.06 bits per heavy atom. The first-order valence-corrected chi connectivity index (χ1v) is 6.28. The van der Waals surface area contributed by atoms with Crippen LogP contribution in [0.25, 0.3) is 0 Å². The maximum atomic E-state index is 5.84. The Labute approximate surface area is 98.0 Å². The van der Waals surface area contributed by atoms with E-state index in [1.807, 2.05) is 7.05 Å². The van der Waals surface area contributed by atoms with E-state index in [4.69, 9.17) is 4.74 Å². The van der Waals surface area contributed by atoms with E-state index in [-0.39, 0.29) is 0 Å². The van der Waals surface area contributed by atoms with Gasteiger partial charge in [0.25, 0.3) is 0 Å². The van der Waals surface area contributed by atoms with Crippen molar-refractivity contribution >= 4 is 0 Å². The van der Waals surface area contributed by atoms with Gasteiger partial charge in [-0.1, -0.05) is 31.5 Å². The van der Waals surface area contributed by atoms with Crippen LogP contribution in [0.2, 0.25) is 0 Å². The molecule has 0 aliphatic carbocycles. The van der Waals surface area contributed by atoms with E-state index in [9.17, 15) is 0 Å². The maximum absolute atomic E-state index is 5.84. The second-order valence-electron chi connectivity index (χ2n) is 4.42. The number of hydrogen-bond acceptors (Lipinski definition) is 2. The maximum Gasteiger partial charge on any atom is 0.127 e. The Morgan fingerprint density at radius 2 is 2.31 bits per heavy atom. The number of benzene rings is 1. The average Bonchev–Trinajstić information content (AvgIpc) is 2.35. The molecule has 88 valence electrons. The second kappa shape index (κ2) is 5.35. The third-order valence-corrected chi connectivity index (χ3v) is 3.27. The van der Waals surface area contributed by atoms with Gasteiger partial charge >= 0.3 is 0 Å². The first kappa shape index (κ1) is 11.5. The van der Waals surface area contributed by atoms with Crippen LogP contribution in [0.1, 0.15) is 43.4 Å². The van der Waals surface area contributed by atoms with Crippen molar-refractivity contribution in [3.05, 3.63) is 29.3 Å². The zero-order valence-corrected chi connectivity index (χ0v) is 10.3. The van der Waals surface area contributed by atoms with Crippen LogP contribution in [0, 0.1) is 0 Å². The zero-order chi connectivity index (χ0) is 11.4. The fourth-order valence-electron chi connectivity index (χ4n) is 2.43. The smallest absolute Gasteiger partial charge is 0.127 e. The minimum atomic E-state index is 0.429. The quantitative estimate of drug-likeness (QED) is 0.840. The highest BCUT2D eigenvalue weighted by molar-refractivity contribution is 5.44. The molecule has 0 saturated heterocycles. The van der Waals surface area contributed by atoms with E-state index in [1.54, 1.807) is 0 Å². The van der Waals surface area contributed by atoms with Gasteiger partial charge in [-0.15, -0.1) is 0 Å². The van der Waals surface area contributed by atoms with Gasteiger partial charge in [-0.25, -0.2) is 0 Å². The molecule has 1 aromatic rings. The summed E-state index contributed by atoms with van der Waals surface area (Å²) >= 11 is 0. The van der Waals surface area contributed by atoms with Crippen molar-refractivity contribution in [2.75, 3.05) is 13.7 Å². The molecule has 0 radical (unpaired) electrons. The molecule has 0 bridgehead atoms. The number of rotatable bonds is 4. The van der Waals surface area contributed by atoms with Gasteiger partial charge in [0.15, 0.2) is 0 Å². The van der Waals surface area contributed by atoms with Crippen LogP contribution in [0.3, 0.4) is 0 Å². The van der Waals surface area contributed by atoms with Crippen molar-refractivity contribution in [2.24, 2.45) is 0 Å².